The van der Waals surface area contributed by atoms with Crippen LogP contribution >= 0.6 is 15.9 Å². The first-order valence-electron chi connectivity index (χ1n) is 6.16. The maximum Gasteiger partial charge on any atom is 0.255 e. The molecule has 0 aliphatic carbocycles. The van der Waals surface area contributed by atoms with E-state index in [-0.39, 0.29) is 11.7 Å². The fourth-order valence-corrected chi connectivity index (χ4v) is 2.03. The van der Waals surface area contributed by atoms with Crippen LogP contribution in [0, 0.1) is 6.92 Å². The van der Waals surface area contributed by atoms with Gasteiger partial charge in [0.05, 0.1) is 0 Å². The predicted molar refractivity (Wildman–Crippen MR) is 85.8 cm³/mol. The standard InChI is InChI=1S/C15H14BrN3O2/c1-9-2-3-11(14(17)19-21)8-13(9)18-15(20)10-4-6-12(16)7-5-10/h2-8,21H,1H3,(H2,17,19)(H,18,20). The van der Waals surface area contributed by atoms with Crippen molar-refractivity contribution in [2.75, 3.05) is 5.32 Å². The van der Waals surface area contributed by atoms with E-state index in [9.17, 15) is 4.79 Å². The van der Waals surface area contributed by atoms with Gasteiger partial charge in [-0.2, -0.15) is 0 Å². The van der Waals surface area contributed by atoms with Crippen LogP contribution in [0.15, 0.2) is 52.1 Å². The number of nitrogens with zero attached hydrogens (tertiary/aromatic N) is 1. The van der Waals surface area contributed by atoms with Crippen LogP contribution in [-0.2, 0) is 0 Å². The summed E-state index contributed by atoms with van der Waals surface area (Å²) in [6.45, 7) is 1.87. The van der Waals surface area contributed by atoms with Gasteiger partial charge in [-0.15, -0.1) is 0 Å². The quantitative estimate of drug-likeness (QED) is 0.345. The van der Waals surface area contributed by atoms with Crippen LogP contribution in [0.25, 0.3) is 0 Å². The molecule has 0 aliphatic rings. The fraction of sp³-hybridized carbons (Fsp3) is 0.0667. The molecular weight excluding hydrogens is 334 g/mol. The summed E-state index contributed by atoms with van der Waals surface area (Å²) in [7, 11) is 0. The van der Waals surface area contributed by atoms with Crippen molar-refractivity contribution in [3.8, 4) is 0 Å². The molecule has 0 heterocycles. The first-order valence-corrected chi connectivity index (χ1v) is 6.96. The lowest BCUT2D eigenvalue weighted by atomic mass is 10.1. The van der Waals surface area contributed by atoms with E-state index in [0.717, 1.165) is 10.0 Å². The van der Waals surface area contributed by atoms with E-state index in [0.29, 0.717) is 16.8 Å². The van der Waals surface area contributed by atoms with Crippen LogP contribution < -0.4 is 11.1 Å². The molecule has 0 spiro atoms. The Hall–Kier alpha value is -2.34. The van der Waals surface area contributed by atoms with Gasteiger partial charge >= 0.3 is 0 Å². The second kappa shape index (κ2) is 6.41. The number of amidine groups is 1. The number of aryl methyl sites for hydroxylation is 1. The van der Waals surface area contributed by atoms with E-state index in [4.69, 9.17) is 10.9 Å². The Kier molecular flexibility index (Phi) is 4.59. The van der Waals surface area contributed by atoms with Crippen LogP contribution in [0.3, 0.4) is 0 Å². The molecule has 108 valence electrons. The van der Waals surface area contributed by atoms with Crippen LogP contribution in [-0.4, -0.2) is 17.0 Å². The summed E-state index contributed by atoms with van der Waals surface area (Å²) in [5.41, 5.74) is 8.14. The van der Waals surface area contributed by atoms with Crippen molar-refractivity contribution in [1.82, 2.24) is 0 Å². The van der Waals surface area contributed by atoms with Crippen molar-refractivity contribution < 1.29 is 10.0 Å². The third-order valence-electron chi connectivity index (χ3n) is 3.00. The Bertz CT molecular complexity index is 697. The first kappa shape index (κ1) is 15.1. The molecule has 0 unspecified atom stereocenters. The molecule has 0 saturated heterocycles. The highest BCUT2D eigenvalue weighted by atomic mass is 79.9. The molecule has 1 amide bonds. The van der Waals surface area contributed by atoms with E-state index < -0.39 is 0 Å². The Morgan fingerprint density at radius 3 is 2.43 bits per heavy atom. The molecule has 2 rings (SSSR count). The molecule has 2 aromatic rings. The minimum absolute atomic E-state index is 0.00543. The predicted octanol–water partition coefficient (Wildman–Crippen LogP) is 3.10. The lowest BCUT2D eigenvalue weighted by molar-refractivity contribution is 0.102. The van der Waals surface area contributed by atoms with Gasteiger partial charge in [0.25, 0.3) is 5.91 Å². The molecular formula is C15H14BrN3O2. The Morgan fingerprint density at radius 2 is 1.81 bits per heavy atom. The molecule has 0 aromatic heterocycles. The maximum atomic E-state index is 12.2. The first-order chi connectivity index (χ1) is 10.0. The zero-order valence-corrected chi connectivity index (χ0v) is 12.9. The highest BCUT2D eigenvalue weighted by Crippen LogP contribution is 2.18. The van der Waals surface area contributed by atoms with Gasteiger partial charge in [0, 0.05) is 21.3 Å². The van der Waals surface area contributed by atoms with Gasteiger partial charge < -0.3 is 16.3 Å². The molecule has 21 heavy (non-hydrogen) atoms. The van der Waals surface area contributed by atoms with E-state index in [1.807, 2.05) is 6.92 Å². The van der Waals surface area contributed by atoms with Crippen molar-refractivity contribution in [2.45, 2.75) is 6.92 Å². The fourth-order valence-electron chi connectivity index (χ4n) is 1.77. The maximum absolute atomic E-state index is 12.2. The summed E-state index contributed by atoms with van der Waals surface area (Å²) in [6.07, 6.45) is 0. The van der Waals surface area contributed by atoms with Gasteiger partial charge in [0.2, 0.25) is 0 Å². The average molecular weight is 348 g/mol. The third-order valence-corrected chi connectivity index (χ3v) is 3.52. The second-order valence-corrected chi connectivity index (χ2v) is 5.39. The number of oxime groups is 1. The molecule has 0 radical (unpaired) electrons. The molecule has 0 bridgehead atoms. The average Bonchev–Trinajstić information content (AvgIpc) is 2.49. The number of rotatable bonds is 3. The lowest BCUT2D eigenvalue weighted by Crippen LogP contribution is -2.16. The van der Waals surface area contributed by atoms with Gasteiger partial charge in [-0.1, -0.05) is 33.2 Å². The number of nitrogens with one attached hydrogen (secondary N) is 1. The van der Waals surface area contributed by atoms with Gasteiger partial charge in [-0.25, -0.2) is 0 Å². The summed E-state index contributed by atoms with van der Waals surface area (Å²) >= 11 is 3.32. The van der Waals surface area contributed by atoms with Gasteiger partial charge in [-0.05, 0) is 42.8 Å². The van der Waals surface area contributed by atoms with Crippen LogP contribution in [0.5, 0.6) is 0 Å². The molecule has 0 fully saturated rings. The SMILES string of the molecule is Cc1ccc(C(N)=NO)cc1NC(=O)c1ccc(Br)cc1. The number of hydrogen-bond acceptors (Lipinski definition) is 3. The van der Waals surface area contributed by atoms with Gasteiger partial charge in [0.1, 0.15) is 0 Å². The molecule has 6 heteroatoms. The number of halogens is 1. The summed E-state index contributed by atoms with van der Waals surface area (Å²) in [5, 5.41) is 14.5. The Labute approximate surface area is 130 Å². The van der Waals surface area contributed by atoms with Crippen molar-refractivity contribution in [1.29, 1.82) is 0 Å². The highest BCUT2D eigenvalue weighted by molar-refractivity contribution is 9.10. The molecule has 0 saturated carbocycles. The topological polar surface area (TPSA) is 87.7 Å². The normalized spacial score (nSPS) is 11.2. The zero-order valence-electron chi connectivity index (χ0n) is 11.3. The van der Waals surface area contributed by atoms with Crippen LogP contribution in [0.1, 0.15) is 21.5 Å². The van der Waals surface area contributed by atoms with Gasteiger partial charge in [0.15, 0.2) is 5.84 Å². The Balaban J connectivity index is 2.26. The Morgan fingerprint density at radius 1 is 1.19 bits per heavy atom. The van der Waals surface area contributed by atoms with Crippen molar-refractivity contribution >= 4 is 33.4 Å². The molecule has 0 aliphatic heterocycles. The minimum Gasteiger partial charge on any atom is -0.409 e. The second-order valence-electron chi connectivity index (χ2n) is 4.48. The number of carbonyl (C=O) groups is 1. The number of hydrogen-bond donors (Lipinski definition) is 3. The smallest absolute Gasteiger partial charge is 0.255 e. The van der Waals surface area contributed by atoms with Crippen molar-refractivity contribution in [3.05, 3.63) is 63.6 Å². The van der Waals surface area contributed by atoms with Crippen molar-refractivity contribution in [2.24, 2.45) is 10.9 Å². The molecule has 2 aromatic carbocycles. The van der Waals surface area contributed by atoms with E-state index in [2.05, 4.69) is 26.4 Å². The van der Waals surface area contributed by atoms with Crippen LogP contribution in [0.2, 0.25) is 0 Å². The molecule has 4 N–H and O–H groups in total. The van der Waals surface area contributed by atoms with E-state index >= 15 is 0 Å². The highest BCUT2D eigenvalue weighted by Gasteiger charge is 2.09. The lowest BCUT2D eigenvalue weighted by Gasteiger charge is -2.10. The molecule has 0 atom stereocenters. The summed E-state index contributed by atoms with van der Waals surface area (Å²) < 4.78 is 0.907. The number of carbonyl (C=O) groups excluding carboxylic acids is 1. The largest absolute Gasteiger partial charge is 0.409 e. The summed E-state index contributed by atoms with van der Waals surface area (Å²) in [5.74, 6) is -0.226. The minimum atomic E-state index is -0.220. The van der Waals surface area contributed by atoms with Gasteiger partial charge in [-0.3, -0.25) is 4.79 Å². The van der Waals surface area contributed by atoms with Crippen molar-refractivity contribution in [3.63, 3.8) is 0 Å². The monoisotopic (exact) mass is 347 g/mol. The number of benzene rings is 2. The number of anilines is 1. The number of amides is 1. The zero-order chi connectivity index (χ0) is 15.4. The number of nitrogens with two attached hydrogens (primary N) is 1. The van der Waals surface area contributed by atoms with E-state index in [1.165, 1.54) is 0 Å². The summed E-state index contributed by atoms with van der Waals surface area (Å²) in [4.78, 5) is 12.2. The molecule has 5 nitrogen and oxygen atoms in total. The summed E-state index contributed by atoms with van der Waals surface area (Å²) in [6, 6.07) is 12.2. The van der Waals surface area contributed by atoms with E-state index in [1.54, 1.807) is 42.5 Å². The third kappa shape index (κ3) is 3.61. The van der Waals surface area contributed by atoms with Crippen LogP contribution in [0.4, 0.5) is 5.69 Å².